The Morgan fingerprint density at radius 3 is 2.50 bits per heavy atom. The smallest absolute Gasteiger partial charge is 0.390 e. The topological polar surface area (TPSA) is 103 Å². The lowest BCUT2D eigenvalue weighted by Gasteiger charge is -2.33. The molecule has 0 spiro atoms. The van der Waals surface area contributed by atoms with Gasteiger partial charge in [0.1, 0.15) is 6.17 Å². The Bertz CT molecular complexity index is 1370. The van der Waals surface area contributed by atoms with Crippen LogP contribution in [-0.4, -0.2) is 109 Å². The molecule has 4 heterocycles. The first-order valence-electron chi connectivity index (χ1n) is 15.2. The van der Waals surface area contributed by atoms with E-state index in [0.717, 1.165) is 30.1 Å². The highest BCUT2D eigenvalue weighted by molar-refractivity contribution is 7.99. The minimum absolute atomic E-state index is 0.104. The maximum Gasteiger partial charge on any atom is 0.417 e. The molecule has 1 aromatic heterocycles. The summed E-state index contributed by atoms with van der Waals surface area (Å²) < 4.78 is 82.9. The van der Waals surface area contributed by atoms with Crippen LogP contribution in [0.1, 0.15) is 42.5 Å². The molecule has 0 bridgehead atoms. The number of hydrogen-bond acceptors (Lipinski definition) is 8. The van der Waals surface area contributed by atoms with Gasteiger partial charge in [-0.2, -0.15) is 18.3 Å². The van der Waals surface area contributed by atoms with Crippen LogP contribution in [0.2, 0.25) is 0 Å². The van der Waals surface area contributed by atoms with Crippen molar-refractivity contribution in [1.29, 1.82) is 0 Å². The number of aliphatic hydroxyl groups excluding tert-OH is 1. The number of aliphatic hydroxyl groups is 1. The normalized spacial score (nSPS) is 20.6. The Morgan fingerprint density at radius 2 is 1.82 bits per heavy atom. The number of likely N-dealkylation sites (tertiary alicyclic amines) is 2. The fraction of sp³-hybridized carbons (Fsp3) is 0.690. The standard InChI is InChI=1S/C29H42F4N6O3S2/c1-44(41,42)36-22-7-12-38(13-8-22)18-23(40)19-39-26-4-9-34-17-24(26)28(35-39)20-2-3-25(29(31,32)33)27(16-20)43-15-14-37-10-5-21(30)6-11-37/h2-3,16,21-23,34,36,40H,4-15,17-19H2,1H3/t23-/m0/s1. The molecule has 3 aliphatic rings. The number of alkyl halides is 4. The van der Waals surface area contributed by atoms with Gasteiger partial charge in [-0.15, -0.1) is 11.8 Å². The number of β-amino-alcohol motifs (C(OH)–C–C–N with tert-alkyl or cyclic N) is 1. The molecule has 3 aliphatic heterocycles. The lowest BCUT2D eigenvalue weighted by molar-refractivity contribution is -0.139. The van der Waals surface area contributed by atoms with Crippen LogP contribution in [0, 0.1) is 0 Å². The van der Waals surface area contributed by atoms with Crippen LogP contribution in [-0.2, 0) is 35.7 Å². The van der Waals surface area contributed by atoms with Crippen LogP contribution < -0.4 is 10.0 Å². The summed E-state index contributed by atoms with van der Waals surface area (Å²) in [6, 6.07) is 4.08. The van der Waals surface area contributed by atoms with Gasteiger partial charge in [0.2, 0.25) is 10.0 Å². The van der Waals surface area contributed by atoms with E-state index in [1.165, 1.54) is 17.8 Å². The third-order valence-corrected chi connectivity index (χ3v) is 10.4. The number of sulfonamides is 1. The molecular formula is C29H42F4N6O3S2. The van der Waals surface area contributed by atoms with Crippen molar-refractivity contribution >= 4 is 21.8 Å². The van der Waals surface area contributed by atoms with E-state index in [-0.39, 0.29) is 17.5 Å². The predicted molar refractivity (Wildman–Crippen MR) is 163 cm³/mol. The molecule has 1 aromatic carbocycles. The van der Waals surface area contributed by atoms with Crippen LogP contribution in [0.4, 0.5) is 17.6 Å². The van der Waals surface area contributed by atoms with Gasteiger partial charge in [0.15, 0.2) is 0 Å². The first-order valence-corrected chi connectivity index (χ1v) is 18.1. The molecule has 1 atom stereocenters. The SMILES string of the molecule is CS(=O)(=O)NC1CCN(C[C@H](O)Cn2nc(-c3ccc(C(F)(F)F)c(SCCN4CCC(F)CC4)c3)c3c2CCNC3)CC1. The van der Waals surface area contributed by atoms with Gasteiger partial charge in [0.05, 0.1) is 30.2 Å². The summed E-state index contributed by atoms with van der Waals surface area (Å²) in [6.07, 6.45) is -1.91. The molecule has 0 saturated carbocycles. The molecule has 2 fully saturated rings. The molecule has 0 radical (unpaired) electrons. The number of halogens is 4. The largest absolute Gasteiger partial charge is 0.417 e. The third-order valence-electron chi connectivity index (χ3n) is 8.57. The number of thioether (sulfide) groups is 1. The molecule has 2 saturated heterocycles. The van der Waals surface area contributed by atoms with E-state index in [1.807, 2.05) is 0 Å². The number of benzene rings is 1. The Morgan fingerprint density at radius 1 is 1.11 bits per heavy atom. The molecule has 0 amide bonds. The summed E-state index contributed by atoms with van der Waals surface area (Å²) >= 11 is 1.17. The van der Waals surface area contributed by atoms with E-state index in [2.05, 4.69) is 19.8 Å². The minimum atomic E-state index is -4.49. The molecule has 5 rings (SSSR count). The lowest BCUT2D eigenvalue weighted by Crippen LogP contribution is -2.46. The van der Waals surface area contributed by atoms with E-state index in [9.17, 15) is 31.1 Å². The molecular weight excluding hydrogens is 620 g/mol. The average molecular weight is 663 g/mol. The summed E-state index contributed by atoms with van der Waals surface area (Å²) in [5.41, 5.74) is 2.45. The summed E-state index contributed by atoms with van der Waals surface area (Å²) in [4.78, 5) is 4.36. The summed E-state index contributed by atoms with van der Waals surface area (Å²) in [6.45, 7) is 5.10. The summed E-state index contributed by atoms with van der Waals surface area (Å²) in [5, 5.41) is 19.2. The minimum Gasteiger partial charge on any atom is -0.390 e. The van der Waals surface area contributed by atoms with E-state index in [4.69, 9.17) is 5.10 Å². The maximum absolute atomic E-state index is 14.0. The number of hydrogen-bond donors (Lipinski definition) is 3. The predicted octanol–water partition coefficient (Wildman–Crippen LogP) is 3.12. The fourth-order valence-electron chi connectivity index (χ4n) is 6.33. The average Bonchev–Trinajstić information content (AvgIpc) is 3.32. The molecule has 44 heavy (non-hydrogen) atoms. The third kappa shape index (κ3) is 8.95. The zero-order chi connectivity index (χ0) is 31.5. The Labute approximate surface area is 260 Å². The second kappa shape index (κ2) is 14.3. The van der Waals surface area contributed by atoms with Gasteiger partial charge in [-0.1, -0.05) is 6.07 Å². The highest BCUT2D eigenvalue weighted by Gasteiger charge is 2.34. The van der Waals surface area contributed by atoms with E-state index in [0.29, 0.717) is 94.9 Å². The second-order valence-electron chi connectivity index (χ2n) is 12.1. The monoisotopic (exact) mass is 662 g/mol. The van der Waals surface area contributed by atoms with Gasteiger partial charge >= 0.3 is 6.18 Å². The molecule has 3 N–H and O–H groups in total. The van der Waals surface area contributed by atoms with E-state index >= 15 is 0 Å². The molecule has 2 aromatic rings. The maximum atomic E-state index is 14.0. The molecule has 0 unspecified atom stereocenters. The summed E-state index contributed by atoms with van der Waals surface area (Å²) in [7, 11) is -3.26. The quantitative estimate of drug-likeness (QED) is 0.249. The Balaban J connectivity index is 1.28. The van der Waals surface area contributed by atoms with Crippen molar-refractivity contribution in [1.82, 2.24) is 29.6 Å². The van der Waals surface area contributed by atoms with Crippen molar-refractivity contribution in [2.24, 2.45) is 0 Å². The van der Waals surface area contributed by atoms with Crippen molar-refractivity contribution in [3.05, 3.63) is 35.0 Å². The van der Waals surface area contributed by atoms with E-state index < -0.39 is 34.0 Å². The van der Waals surface area contributed by atoms with Crippen molar-refractivity contribution in [3.8, 4) is 11.3 Å². The highest BCUT2D eigenvalue weighted by Crippen LogP contribution is 2.40. The van der Waals surface area contributed by atoms with Crippen molar-refractivity contribution in [2.45, 2.75) is 74.6 Å². The lowest BCUT2D eigenvalue weighted by atomic mass is 10.0. The zero-order valence-electron chi connectivity index (χ0n) is 25.0. The van der Waals surface area contributed by atoms with Gasteiger partial charge in [0.25, 0.3) is 0 Å². The number of aromatic nitrogens is 2. The van der Waals surface area contributed by atoms with Gasteiger partial charge in [-0.25, -0.2) is 17.5 Å². The fourth-order valence-corrected chi connectivity index (χ4v) is 8.29. The van der Waals surface area contributed by atoms with Crippen molar-refractivity contribution in [2.75, 3.05) is 57.8 Å². The van der Waals surface area contributed by atoms with Gasteiger partial charge in [0, 0.05) is 79.2 Å². The van der Waals surface area contributed by atoms with Crippen LogP contribution >= 0.6 is 11.8 Å². The van der Waals surface area contributed by atoms with Crippen molar-refractivity contribution in [3.63, 3.8) is 0 Å². The summed E-state index contributed by atoms with van der Waals surface area (Å²) in [5.74, 6) is 0.464. The number of fused-ring (bicyclic) bond motifs is 1. The van der Waals surface area contributed by atoms with Gasteiger partial charge < -0.3 is 20.2 Å². The highest BCUT2D eigenvalue weighted by atomic mass is 32.2. The Kier molecular flexibility index (Phi) is 11.0. The molecule has 0 aliphatic carbocycles. The van der Waals surface area contributed by atoms with E-state index in [1.54, 1.807) is 10.7 Å². The number of rotatable bonds is 11. The number of nitrogens with zero attached hydrogens (tertiary/aromatic N) is 4. The van der Waals surface area contributed by atoms with Crippen LogP contribution in [0.25, 0.3) is 11.3 Å². The van der Waals surface area contributed by atoms with Crippen LogP contribution in [0.15, 0.2) is 23.1 Å². The molecule has 246 valence electrons. The Hall–Kier alpha value is -1.75. The molecule has 9 nitrogen and oxygen atoms in total. The second-order valence-corrected chi connectivity index (χ2v) is 15.0. The van der Waals surface area contributed by atoms with Crippen LogP contribution in [0.3, 0.4) is 0 Å². The number of nitrogens with one attached hydrogen (secondary N) is 2. The first-order chi connectivity index (χ1) is 20.9. The number of piperidine rings is 2. The van der Waals surface area contributed by atoms with Gasteiger partial charge in [-0.3, -0.25) is 4.68 Å². The van der Waals surface area contributed by atoms with Crippen LogP contribution in [0.5, 0.6) is 0 Å². The van der Waals surface area contributed by atoms with Crippen molar-refractivity contribution < 1.29 is 31.1 Å². The van der Waals surface area contributed by atoms with Gasteiger partial charge in [-0.05, 0) is 50.9 Å². The zero-order valence-corrected chi connectivity index (χ0v) is 26.6. The molecule has 15 heteroatoms. The first kappa shape index (κ1) is 33.6.